The molecule has 5 atom stereocenters. The summed E-state index contributed by atoms with van der Waals surface area (Å²) in [6, 6.07) is 6.86. The van der Waals surface area contributed by atoms with E-state index < -0.39 is 59.2 Å². The molecule has 55 heavy (non-hydrogen) atoms. The molecule has 15 heteroatoms. The number of hydrogen-bond acceptors (Lipinski definition) is 10. The van der Waals surface area contributed by atoms with Gasteiger partial charge in [-0.05, 0) is 67.7 Å². The number of nitrogens with one attached hydrogen (secondary N) is 4. The highest BCUT2D eigenvalue weighted by molar-refractivity contribution is 6.38. The van der Waals surface area contributed by atoms with Gasteiger partial charge in [-0.3, -0.25) is 24.0 Å². The normalized spacial score (nSPS) is 20.6. The van der Waals surface area contributed by atoms with Crippen LogP contribution in [-0.4, -0.2) is 87.1 Å². The first-order chi connectivity index (χ1) is 26.3. The molecule has 2 aliphatic carbocycles. The van der Waals surface area contributed by atoms with Crippen molar-refractivity contribution in [1.29, 1.82) is 0 Å². The average Bonchev–Trinajstić information content (AvgIpc) is 3.72. The Balaban J connectivity index is 1.25. The predicted molar refractivity (Wildman–Crippen MR) is 206 cm³/mol. The number of hydrogen-bond donors (Lipinski definition) is 4. The number of oxazole rings is 1. The van der Waals surface area contributed by atoms with Crippen molar-refractivity contribution >= 4 is 58.1 Å². The SMILES string of the molecule is CCCC(NC(=O)[C@@H]1C[C@@H](Oc2ccc(Cl)nc2)CN1C(=O)[C@@H](NC(=O)[C@@H](Nc1nc2ccccc2o1)C1CCCCC1)C(C)(C)C)C(=O)C(=O)NC1CC1. The summed E-state index contributed by atoms with van der Waals surface area (Å²) in [6.07, 6.45) is 8.01. The third-order valence-corrected chi connectivity index (χ3v) is 10.8. The molecule has 2 aromatic heterocycles. The molecule has 1 saturated heterocycles. The summed E-state index contributed by atoms with van der Waals surface area (Å²) in [5.74, 6) is -2.52. The van der Waals surface area contributed by atoms with Crippen molar-refractivity contribution in [1.82, 2.24) is 30.8 Å². The minimum absolute atomic E-state index is 0.0176. The third kappa shape index (κ3) is 10.1. The van der Waals surface area contributed by atoms with Gasteiger partial charge in [0.1, 0.15) is 40.6 Å². The Hall–Kier alpha value is -4.72. The topological polar surface area (TPSA) is 185 Å². The molecule has 3 heterocycles. The number of anilines is 1. The lowest BCUT2D eigenvalue weighted by Crippen LogP contribution is -2.61. The molecule has 0 radical (unpaired) electrons. The highest BCUT2D eigenvalue weighted by Crippen LogP contribution is 2.32. The molecule has 2 saturated carbocycles. The van der Waals surface area contributed by atoms with Crippen LogP contribution in [-0.2, 0) is 24.0 Å². The number of Topliss-reactive ketones (excluding diaryl/α,β-unsaturated/α-hetero) is 1. The summed E-state index contributed by atoms with van der Waals surface area (Å²) in [4.78, 5) is 79.4. The number of para-hydroxylation sites is 2. The second-order valence-corrected chi connectivity index (χ2v) is 16.5. The van der Waals surface area contributed by atoms with Gasteiger partial charge in [0.05, 0.1) is 18.8 Å². The number of halogens is 1. The molecule has 3 aromatic rings. The zero-order chi connectivity index (χ0) is 39.3. The second kappa shape index (κ2) is 17.4. The molecule has 0 spiro atoms. The van der Waals surface area contributed by atoms with Crippen molar-refractivity contribution in [2.45, 2.75) is 128 Å². The number of pyridine rings is 1. The van der Waals surface area contributed by atoms with Gasteiger partial charge in [-0.1, -0.05) is 77.1 Å². The van der Waals surface area contributed by atoms with Crippen LogP contribution in [0.4, 0.5) is 6.01 Å². The minimum atomic E-state index is -1.07. The third-order valence-electron chi connectivity index (χ3n) is 10.6. The van der Waals surface area contributed by atoms with Crippen LogP contribution in [0.25, 0.3) is 11.1 Å². The maximum absolute atomic E-state index is 14.8. The van der Waals surface area contributed by atoms with Crippen molar-refractivity contribution in [2.24, 2.45) is 11.3 Å². The van der Waals surface area contributed by atoms with E-state index in [2.05, 4.69) is 31.2 Å². The van der Waals surface area contributed by atoms with Crippen molar-refractivity contribution in [3.8, 4) is 5.75 Å². The van der Waals surface area contributed by atoms with E-state index in [-0.39, 0.29) is 48.4 Å². The summed E-state index contributed by atoms with van der Waals surface area (Å²) in [6.45, 7) is 7.44. The summed E-state index contributed by atoms with van der Waals surface area (Å²) in [5.41, 5.74) is 0.460. The number of benzene rings is 1. The number of likely N-dealkylation sites (tertiary alicyclic amines) is 1. The lowest BCUT2D eigenvalue weighted by molar-refractivity contribution is -0.145. The van der Waals surface area contributed by atoms with Crippen LogP contribution in [0.5, 0.6) is 5.75 Å². The van der Waals surface area contributed by atoms with Gasteiger partial charge >= 0.3 is 0 Å². The molecule has 3 fully saturated rings. The summed E-state index contributed by atoms with van der Waals surface area (Å²) < 4.78 is 12.1. The number of carbonyl (C=O) groups excluding carboxylic acids is 5. The fourth-order valence-electron chi connectivity index (χ4n) is 7.45. The maximum atomic E-state index is 14.8. The highest BCUT2D eigenvalue weighted by atomic mass is 35.5. The summed E-state index contributed by atoms with van der Waals surface area (Å²) in [7, 11) is 0. The van der Waals surface area contributed by atoms with E-state index in [4.69, 9.17) is 20.8 Å². The lowest BCUT2D eigenvalue weighted by Gasteiger charge is -2.37. The van der Waals surface area contributed by atoms with Crippen LogP contribution < -0.4 is 26.0 Å². The maximum Gasteiger partial charge on any atom is 0.296 e. The van der Waals surface area contributed by atoms with Crippen LogP contribution in [0.1, 0.15) is 91.9 Å². The Labute approximate surface area is 326 Å². The molecular weight excluding hydrogens is 726 g/mol. The Morgan fingerprint density at radius 1 is 1.00 bits per heavy atom. The number of amides is 4. The van der Waals surface area contributed by atoms with Gasteiger partial charge < -0.3 is 35.3 Å². The fraction of sp³-hybridized carbons (Fsp3) is 0.575. The fourth-order valence-corrected chi connectivity index (χ4v) is 7.56. The van der Waals surface area contributed by atoms with Crippen molar-refractivity contribution in [3.05, 3.63) is 47.7 Å². The molecule has 4 amide bonds. The Bertz CT molecular complexity index is 1820. The number of fused-ring (bicyclic) bond motifs is 1. The molecule has 296 valence electrons. The highest BCUT2D eigenvalue weighted by Gasteiger charge is 2.47. The van der Waals surface area contributed by atoms with Crippen LogP contribution >= 0.6 is 11.6 Å². The Kier molecular flexibility index (Phi) is 12.6. The summed E-state index contributed by atoms with van der Waals surface area (Å²) >= 11 is 5.99. The zero-order valence-corrected chi connectivity index (χ0v) is 32.7. The molecule has 3 aliphatic rings. The van der Waals surface area contributed by atoms with E-state index in [0.717, 1.165) is 44.9 Å². The molecule has 0 bridgehead atoms. The molecule has 14 nitrogen and oxygen atoms in total. The van der Waals surface area contributed by atoms with Crippen LogP contribution in [0.3, 0.4) is 0 Å². The van der Waals surface area contributed by atoms with Crippen LogP contribution in [0, 0.1) is 11.3 Å². The predicted octanol–water partition coefficient (Wildman–Crippen LogP) is 4.95. The summed E-state index contributed by atoms with van der Waals surface area (Å²) in [5, 5.41) is 12.1. The van der Waals surface area contributed by atoms with E-state index in [1.165, 1.54) is 11.1 Å². The van der Waals surface area contributed by atoms with Gasteiger partial charge in [0.25, 0.3) is 11.9 Å². The van der Waals surface area contributed by atoms with Gasteiger partial charge in [0.15, 0.2) is 5.58 Å². The number of carbonyl (C=O) groups is 5. The smallest absolute Gasteiger partial charge is 0.296 e. The van der Waals surface area contributed by atoms with Gasteiger partial charge in [-0.15, -0.1) is 0 Å². The molecule has 1 aliphatic heterocycles. The first kappa shape index (κ1) is 40.0. The molecule has 1 aromatic carbocycles. The average molecular weight is 778 g/mol. The van der Waals surface area contributed by atoms with Gasteiger partial charge in [0.2, 0.25) is 23.5 Å². The standard InChI is InChI=1S/C40H52ClN7O7/c1-5-11-28(33(49)37(52)43-24-16-17-24)44-35(50)29-20-26(54-25-18-19-31(41)42-21-25)22-48(29)38(53)34(40(2,3)4)47-36(51)32(23-12-7-6-8-13-23)46-39-45-27-14-9-10-15-30(27)55-39/h9-10,14-15,18-19,21,23-24,26,28-29,32,34H,5-8,11-13,16-17,20,22H2,1-4H3,(H,43,52)(H,44,50)(H,45,46)(H,47,51)/t26-,28?,29+,32+,34-/m1/s1. The number of ether oxygens (including phenoxy) is 1. The minimum Gasteiger partial charge on any atom is -0.487 e. The molecule has 1 unspecified atom stereocenters. The lowest BCUT2D eigenvalue weighted by atomic mass is 9.82. The number of rotatable bonds is 15. The van der Waals surface area contributed by atoms with Gasteiger partial charge in [-0.25, -0.2) is 4.98 Å². The Morgan fingerprint density at radius 3 is 2.40 bits per heavy atom. The van der Waals surface area contributed by atoms with Crippen LogP contribution in [0.15, 0.2) is 47.0 Å². The zero-order valence-electron chi connectivity index (χ0n) is 31.9. The number of aromatic nitrogens is 2. The van der Waals surface area contributed by atoms with E-state index in [1.54, 1.807) is 12.1 Å². The van der Waals surface area contributed by atoms with Crippen molar-refractivity contribution in [2.75, 3.05) is 11.9 Å². The Morgan fingerprint density at radius 2 is 1.75 bits per heavy atom. The second-order valence-electron chi connectivity index (χ2n) is 16.1. The molecule has 6 rings (SSSR count). The van der Waals surface area contributed by atoms with Crippen molar-refractivity contribution < 1.29 is 33.1 Å². The monoisotopic (exact) mass is 777 g/mol. The van der Waals surface area contributed by atoms with Crippen molar-refractivity contribution in [3.63, 3.8) is 0 Å². The number of nitrogens with zero attached hydrogens (tertiary/aromatic N) is 3. The molecule has 4 N–H and O–H groups in total. The van der Waals surface area contributed by atoms with E-state index in [9.17, 15) is 24.0 Å². The quantitative estimate of drug-likeness (QED) is 0.122. The molecular formula is C40H52ClN7O7. The van der Waals surface area contributed by atoms with Crippen LogP contribution in [0.2, 0.25) is 5.15 Å². The first-order valence-electron chi connectivity index (χ1n) is 19.5. The first-order valence-corrected chi connectivity index (χ1v) is 19.8. The largest absolute Gasteiger partial charge is 0.487 e. The van der Waals surface area contributed by atoms with Gasteiger partial charge in [-0.2, -0.15) is 4.98 Å². The van der Waals surface area contributed by atoms with Gasteiger partial charge in [0, 0.05) is 12.5 Å². The van der Waals surface area contributed by atoms with E-state index in [1.807, 2.05) is 52.0 Å². The number of ketones is 1. The van der Waals surface area contributed by atoms with E-state index in [0.29, 0.717) is 23.3 Å². The van der Waals surface area contributed by atoms with E-state index >= 15 is 0 Å².